The van der Waals surface area contributed by atoms with Gasteiger partial charge in [-0.15, -0.1) is 6.58 Å². The summed E-state index contributed by atoms with van der Waals surface area (Å²) in [6.45, 7) is 12.8. The van der Waals surface area contributed by atoms with Crippen LogP contribution in [-0.2, 0) is 0 Å². The maximum atomic E-state index is 3.81. The van der Waals surface area contributed by atoms with E-state index in [4.69, 9.17) is 0 Å². The normalized spacial score (nSPS) is 16.6. The Morgan fingerprint density at radius 2 is 2.21 bits per heavy atom. The third kappa shape index (κ3) is 4.77. The Bertz CT molecular complexity index is 162. The fraction of sp³-hybridized carbons (Fsp3) is 0.833. The Morgan fingerprint density at radius 3 is 2.71 bits per heavy atom. The van der Waals surface area contributed by atoms with Gasteiger partial charge in [0.15, 0.2) is 0 Å². The molecule has 0 aromatic carbocycles. The minimum absolute atomic E-state index is 0.753. The number of hydrogen-bond donors (Lipinski definition) is 1. The van der Waals surface area contributed by atoms with Crippen molar-refractivity contribution in [2.24, 2.45) is 5.92 Å². The lowest BCUT2D eigenvalue weighted by Gasteiger charge is -2.20. The predicted molar refractivity (Wildman–Crippen MR) is 62.5 cm³/mol. The molecule has 0 atom stereocenters. The molecular formula is C12H24N2. The van der Waals surface area contributed by atoms with E-state index in [0.717, 1.165) is 31.6 Å². The molecule has 0 aliphatic heterocycles. The summed E-state index contributed by atoms with van der Waals surface area (Å²) in [6, 6.07) is 0.855. The Kier molecular flexibility index (Phi) is 5.20. The highest BCUT2D eigenvalue weighted by molar-refractivity contribution is 4.88. The molecule has 0 saturated heterocycles. The standard InChI is InChI=1S/C12H24N2/c1-4-8-14(12-5-6-12)9-7-13-10-11(2)3/h4,11-13H,1,5-10H2,2-3H3. The van der Waals surface area contributed by atoms with Gasteiger partial charge in [-0.05, 0) is 25.3 Å². The van der Waals surface area contributed by atoms with Crippen LogP contribution in [0.15, 0.2) is 12.7 Å². The lowest BCUT2D eigenvalue weighted by molar-refractivity contribution is 0.289. The van der Waals surface area contributed by atoms with Crippen molar-refractivity contribution in [2.75, 3.05) is 26.2 Å². The second-order valence-electron chi connectivity index (χ2n) is 4.61. The molecule has 1 N–H and O–H groups in total. The molecule has 1 rings (SSSR count). The molecule has 1 aliphatic rings. The van der Waals surface area contributed by atoms with Crippen molar-refractivity contribution in [3.63, 3.8) is 0 Å². The van der Waals surface area contributed by atoms with Gasteiger partial charge in [0.2, 0.25) is 0 Å². The first kappa shape index (κ1) is 11.7. The summed E-state index contributed by atoms with van der Waals surface area (Å²) in [5.41, 5.74) is 0. The van der Waals surface area contributed by atoms with E-state index >= 15 is 0 Å². The summed E-state index contributed by atoms with van der Waals surface area (Å²) in [7, 11) is 0. The van der Waals surface area contributed by atoms with Crippen LogP contribution in [0.4, 0.5) is 0 Å². The minimum Gasteiger partial charge on any atom is -0.315 e. The van der Waals surface area contributed by atoms with Crippen molar-refractivity contribution in [3.05, 3.63) is 12.7 Å². The molecule has 1 saturated carbocycles. The molecule has 1 aliphatic carbocycles. The fourth-order valence-corrected chi connectivity index (χ4v) is 1.64. The first-order chi connectivity index (χ1) is 6.74. The van der Waals surface area contributed by atoms with E-state index in [-0.39, 0.29) is 0 Å². The van der Waals surface area contributed by atoms with Crippen molar-refractivity contribution in [2.45, 2.75) is 32.7 Å². The number of hydrogen-bond acceptors (Lipinski definition) is 2. The van der Waals surface area contributed by atoms with Gasteiger partial charge in [0.1, 0.15) is 0 Å². The fourth-order valence-electron chi connectivity index (χ4n) is 1.64. The van der Waals surface area contributed by atoms with Crippen molar-refractivity contribution >= 4 is 0 Å². The van der Waals surface area contributed by atoms with E-state index in [9.17, 15) is 0 Å². The number of rotatable bonds is 8. The lowest BCUT2D eigenvalue weighted by atomic mass is 10.2. The van der Waals surface area contributed by atoms with Crippen molar-refractivity contribution in [3.8, 4) is 0 Å². The van der Waals surface area contributed by atoms with Crippen LogP contribution in [0, 0.1) is 5.92 Å². The van der Waals surface area contributed by atoms with Crippen LogP contribution in [0.2, 0.25) is 0 Å². The summed E-state index contributed by atoms with van der Waals surface area (Å²) < 4.78 is 0. The molecule has 0 radical (unpaired) electrons. The zero-order valence-corrected chi connectivity index (χ0v) is 9.63. The molecule has 82 valence electrons. The topological polar surface area (TPSA) is 15.3 Å². The molecule has 0 spiro atoms. The van der Waals surface area contributed by atoms with Crippen LogP contribution in [0.25, 0.3) is 0 Å². The van der Waals surface area contributed by atoms with Gasteiger partial charge in [0.25, 0.3) is 0 Å². The highest BCUT2D eigenvalue weighted by atomic mass is 15.2. The molecule has 0 heterocycles. The summed E-state index contributed by atoms with van der Waals surface area (Å²) in [5.74, 6) is 0.753. The smallest absolute Gasteiger partial charge is 0.0164 e. The molecule has 0 aromatic heterocycles. The molecule has 0 amide bonds. The average molecular weight is 196 g/mol. The van der Waals surface area contributed by atoms with Gasteiger partial charge in [-0.3, -0.25) is 4.90 Å². The van der Waals surface area contributed by atoms with Crippen molar-refractivity contribution < 1.29 is 0 Å². The summed E-state index contributed by atoms with van der Waals surface area (Å²) in [5, 5.41) is 3.48. The van der Waals surface area contributed by atoms with Gasteiger partial charge in [0.05, 0.1) is 0 Å². The molecule has 14 heavy (non-hydrogen) atoms. The van der Waals surface area contributed by atoms with Crippen molar-refractivity contribution in [1.29, 1.82) is 0 Å². The van der Waals surface area contributed by atoms with Gasteiger partial charge in [-0.1, -0.05) is 19.9 Å². The summed E-state index contributed by atoms with van der Waals surface area (Å²) in [4.78, 5) is 2.53. The third-order valence-electron chi connectivity index (χ3n) is 2.56. The molecule has 0 unspecified atom stereocenters. The molecule has 1 fully saturated rings. The first-order valence-corrected chi connectivity index (χ1v) is 5.79. The minimum atomic E-state index is 0.753. The van der Waals surface area contributed by atoms with Gasteiger partial charge in [-0.2, -0.15) is 0 Å². The summed E-state index contributed by atoms with van der Waals surface area (Å²) >= 11 is 0. The van der Waals surface area contributed by atoms with Gasteiger partial charge in [0, 0.05) is 25.7 Å². The van der Waals surface area contributed by atoms with E-state index in [1.165, 1.54) is 19.4 Å². The number of nitrogens with one attached hydrogen (secondary N) is 1. The molecule has 2 nitrogen and oxygen atoms in total. The highest BCUT2D eigenvalue weighted by Gasteiger charge is 2.27. The molecule has 0 aromatic rings. The second-order valence-corrected chi connectivity index (χ2v) is 4.61. The Hall–Kier alpha value is -0.340. The average Bonchev–Trinajstić information content (AvgIpc) is 2.93. The monoisotopic (exact) mass is 196 g/mol. The second kappa shape index (κ2) is 6.20. The molecular weight excluding hydrogens is 172 g/mol. The van der Waals surface area contributed by atoms with Crippen LogP contribution in [-0.4, -0.2) is 37.1 Å². The first-order valence-electron chi connectivity index (χ1n) is 5.79. The van der Waals surface area contributed by atoms with E-state index in [0.29, 0.717) is 0 Å². The number of nitrogens with zero attached hydrogens (tertiary/aromatic N) is 1. The van der Waals surface area contributed by atoms with E-state index < -0.39 is 0 Å². The maximum Gasteiger partial charge on any atom is 0.0164 e. The predicted octanol–water partition coefficient (Wildman–Crippen LogP) is 1.88. The Balaban J connectivity index is 2.04. The highest BCUT2D eigenvalue weighted by Crippen LogP contribution is 2.25. The summed E-state index contributed by atoms with van der Waals surface area (Å²) in [6.07, 6.45) is 4.79. The largest absolute Gasteiger partial charge is 0.315 e. The van der Waals surface area contributed by atoms with Crippen LogP contribution in [0.1, 0.15) is 26.7 Å². The third-order valence-corrected chi connectivity index (χ3v) is 2.56. The van der Waals surface area contributed by atoms with Gasteiger partial charge in [-0.25, -0.2) is 0 Å². The van der Waals surface area contributed by atoms with Crippen LogP contribution in [0.5, 0.6) is 0 Å². The molecule has 2 heteroatoms. The van der Waals surface area contributed by atoms with E-state index in [1.54, 1.807) is 0 Å². The van der Waals surface area contributed by atoms with Gasteiger partial charge >= 0.3 is 0 Å². The maximum absolute atomic E-state index is 3.81. The zero-order chi connectivity index (χ0) is 10.4. The van der Waals surface area contributed by atoms with Crippen LogP contribution < -0.4 is 5.32 Å². The zero-order valence-electron chi connectivity index (χ0n) is 9.63. The molecule has 0 bridgehead atoms. The Morgan fingerprint density at radius 1 is 1.50 bits per heavy atom. The van der Waals surface area contributed by atoms with Crippen LogP contribution in [0.3, 0.4) is 0 Å². The van der Waals surface area contributed by atoms with E-state index in [2.05, 4.69) is 30.6 Å². The quantitative estimate of drug-likeness (QED) is 0.471. The van der Waals surface area contributed by atoms with E-state index in [1.807, 2.05) is 6.08 Å². The van der Waals surface area contributed by atoms with Crippen LogP contribution >= 0.6 is 0 Å². The SMILES string of the molecule is C=CCN(CCNCC(C)C)C1CC1. The van der Waals surface area contributed by atoms with Crippen molar-refractivity contribution in [1.82, 2.24) is 10.2 Å². The van der Waals surface area contributed by atoms with Gasteiger partial charge < -0.3 is 5.32 Å². The lowest BCUT2D eigenvalue weighted by Crippen LogP contribution is -2.35. The Labute approximate surface area is 88.4 Å².